The summed E-state index contributed by atoms with van der Waals surface area (Å²) in [6, 6.07) is 16.5. The van der Waals surface area contributed by atoms with Crippen molar-refractivity contribution in [2.45, 2.75) is 19.9 Å². The summed E-state index contributed by atoms with van der Waals surface area (Å²) in [6.07, 6.45) is 1.05. The predicted octanol–water partition coefficient (Wildman–Crippen LogP) is 2.91. The second-order valence-corrected chi connectivity index (χ2v) is 4.55. The second-order valence-electron chi connectivity index (χ2n) is 4.55. The van der Waals surface area contributed by atoms with Gasteiger partial charge in [-0.3, -0.25) is 0 Å². The Morgan fingerprint density at radius 3 is 2.33 bits per heavy atom. The van der Waals surface area contributed by atoms with Gasteiger partial charge >= 0.3 is 0 Å². The molecule has 0 fully saturated rings. The minimum absolute atomic E-state index is 0.832. The van der Waals surface area contributed by atoms with Gasteiger partial charge in [0.15, 0.2) is 0 Å². The predicted molar refractivity (Wildman–Crippen MR) is 77.4 cm³/mol. The first kappa shape index (κ1) is 12.7. The number of nitrogen functional groups attached to an aromatic ring is 1. The molecule has 2 aromatic rings. The molecule has 0 saturated carbocycles. The highest BCUT2D eigenvalue weighted by atomic mass is 14.8. The molecular weight excluding hydrogens is 220 g/mol. The Balaban J connectivity index is 1.80. The van der Waals surface area contributed by atoms with Crippen molar-refractivity contribution in [3.8, 4) is 0 Å². The Morgan fingerprint density at radius 2 is 1.61 bits per heavy atom. The van der Waals surface area contributed by atoms with Gasteiger partial charge in [-0.1, -0.05) is 42.5 Å². The molecule has 0 atom stereocenters. The summed E-state index contributed by atoms with van der Waals surface area (Å²) in [5.41, 5.74) is 10.7. The number of rotatable bonds is 5. The minimum atomic E-state index is 0.832. The highest BCUT2D eigenvalue weighted by Crippen LogP contribution is 2.10. The van der Waals surface area contributed by atoms with Gasteiger partial charge in [-0.05, 0) is 42.6 Å². The molecule has 0 spiro atoms. The highest BCUT2D eigenvalue weighted by molar-refractivity contribution is 5.46. The summed E-state index contributed by atoms with van der Waals surface area (Å²) < 4.78 is 0. The van der Waals surface area contributed by atoms with E-state index in [4.69, 9.17) is 5.73 Å². The van der Waals surface area contributed by atoms with Crippen LogP contribution in [0.1, 0.15) is 16.7 Å². The molecule has 0 saturated heterocycles. The zero-order valence-corrected chi connectivity index (χ0v) is 10.8. The third kappa shape index (κ3) is 3.34. The van der Waals surface area contributed by atoms with E-state index in [0.29, 0.717) is 0 Å². The smallest absolute Gasteiger partial charge is 0.0359 e. The van der Waals surface area contributed by atoms with Gasteiger partial charge in [0.2, 0.25) is 0 Å². The summed E-state index contributed by atoms with van der Waals surface area (Å²) in [5.74, 6) is 0. The molecule has 0 aromatic heterocycles. The normalized spacial score (nSPS) is 10.5. The number of hydrogen-bond acceptors (Lipinski definition) is 2. The van der Waals surface area contributed by atoms with E-state index in [1.165, 1.54) is 16.7 Å². The van der Waals surface area contributed by atoms with E-state index in [1.807, 2.05) is 18.2 Å². The molecule has 94 valence electrons. The van der Waals surface area contributed by atoms with E-state index in [1.54, 1.807) is 0 Å². The third-order valence-corrected chi connectivity index (χ3v) is 3.20. The number of anilines is 1. The van der Waals surface area contributed by atoms with Crippen LogP contribution >= 0.6 is 0 Å². The molecule has 2 nitrogen and oxygen atoms in total. The maximum absolute atomic E-state index is 5.90. The number of para-hydroxylation sites is 1. The Labute approximate surface area is 109 Å². The molecule has 2 heteroatoms. The van der Waals surface area contributed by atoms with Crippen LogP contribution in [-0.2, 0) is 13.0 Å². The second kappa shape index (κ2) is 6.22. The number of nitrogens with two attached hydrogens (primary N) is 1. The average molecular weight is 240 g/mol. The van der Waals surface area contributed by atoms with Gasteiger partial charge in [-0.25, -0.2) is 0 Å². The number of nitrogens with one attached hydrogen (secondary N) is 1. The van der Waals surface area contributed by atoms with Crippen molar-refractivity contribution in [2.24, 2.45) is 0 Å². The van der Waals surface area contributed by atoms with E-state index in [0.717, 1.165) is 25.2 Å². The minimum Gasteiger partial charge on any atom is -0.398 e. The van der Waals surface area contributed by atoms with Crippen molar-refractivity contribution in [3.05, 3.63) is 65.2 Å². The van der Waals surface area contributed by atoms with Gasteiger partial charge in [0, 0.05) is 12.2 Å². The van der Waals surface area contributed by atoms with Gasteiger partial charge in [0.25, 0.3) is 0 Å². The van der Waals surface area contributed by atoms with Crippen molar-refractivity contribution in [1.82, 2.24) is 5.32 Å². The molecule has 2 rings (SSSR count). The Bertz CT molecular complexity index is 458. The summed E-state index contributed by atoms with van der Waals surface area (Å²) in [4.78, 5) is 0. The van der Waals surface area contributed by atoms with Gasteiger partial charge < -0.3 is 11.1 Å². The van der Waals surface area contributed by atoms with Gasteiger partial charge in [0.05, 0.1) is 0 Å². The summed E-state index contributed by atoms with van der Waals surface area (Å²) >= 11 is 0. The lowest BCUT2D eigenvalue weighted by atomic mass is 10.1. The first-order chi connectivity index (χ1) is 8.77. The molecule has 18 heavy (non-hydrogen) atoms. The van der Waals surface area contributed by atoms with Crippen LogP contribution in [0.25, 0.3) is 0 Å². The van der Waals surface area contributed by atoms with Crippen molar-refractivity contribution < 1.29 is 0 Å². The first-order valence-electron chi connectivity index (χ1n) is 6.36. The van der Waals surface area contributed by atoms with E-state index in [2.05, 4.69) is 42.6 Å². The Morgan fingerprint density at radius 1 is 0.944 bits per heavy atom. The van der Waals surface area contributed by atoms with Crippen LogP contribution in [0.15, 0.2) is 48.5 Å². The fraction of sp³-hybridized carbons (Fsp3) is 0.250. The van der Waals surface area contributed by atoms with Crippen molar-refractivity contribution in [3.63, 3.8) is 0 Å². The molecule has 0 heterocycles. The van der Waals surface area contributed by atoms with Crippen LogP contribution in [0.2, 0.25) is 0 Å². The highest BCUT2D eigenvalue weighted by Gasteiger charge is 1.99. The molecule has 0 unspecified atom stereocenters. The lowest BCUT2D eigenvalue weighted by Crippen LogP contribution is -2.17. The summed E-state index contributed by atoms with van der Waals surface area (Å²) in [7, 11) is 0. The van der Waals surface area contributed by atoms with Crippen LogP contribution in [0.5, 0.6) is 0 Å². The summed E-state index contributed by atoms with van der Waals surface area (Å²) in [6.45, 7) is 3.96. The van der Waals surface area contributed by atoms with Gasteiger partial charge in [-0.2, -0.15) is 0 Å². The Hall–Kier alpha value is -1.80. The fourth-order valence-corrected chi connectivity index (χ4v) is 2.03. The zero-order valence-electron chi connectivity index (χ0n) is 10.8. The molecule has 0 amide bonds. The zero-order chi connectivity index (χ0) is 12.8. The molecule has 2 aromatic carbocycles. The fourth-order valence-electron chi connectivity index (χ4n) is 2.03. The van der Waals surface area contributed by atoms with E-state index >= 15 is 0 Å². The summed E-state index contributed by atoms with van der Waals surface area (Å²) in [5, 5.41) is 3.44. The maximum atomic E-state index is 5.90. The van der Waals surface area contributed by atoms with Crippen LogP contribution in [0, 0.1) is 6.92 Å². The molecule has 3 N–H and O–H groups in total. The first-order valence-corrected chi connectivity index (χ1v) is 6.36. The van der Waals surface area contributed by atoms with Crippen LogP contribution in [-0.4, -0.2) is 6.54 Å². The van der Waals surface area contributed by atoms with Crippen molar-refractivity contribution >= 4 is 5.69 Å². The van der Waals surface area contributed by atoms with Gasteiger partial charge in [0.1, 0.15) is 0 Å². The van der Waals surface area contributed by atoms with E-state index in [-0.39, 0.29) is 0 Å². The topological polar surface area (TPSA) is 38.0 Å². The third-order valence-electron chi connectivity index (χ3n) is 3.20. The van der Waals surface area contributed by atoms with Crippen LogP contribution < -0.4 is 11.1 Å². The molecule has 0 bridgehead atoms. The molecular formula is C16H20N2. The number of aryl methyl sites for hydroxylation is 1. The van der Waals surface area contributed by atoms with Crippen LogP contribution in [0.4, 0.5) is 5.69 Å². The SMILES string of the molecule is Cc1ccccc1CCNCc1ccccc1N. The van der Waals surface area contributed by atoms with Crippen LogP contribution in [0.3, 0.4) is 0 Å². The van der Waals surface area contributed by atoms with E-state index < -0.39 is 0 Å². The lowest BCUT2D eigenvalue weighted by molar-refractivity contribution is 0.687. The molecule has 0 aliphatic heterocycles. The molecule has 0 aliphatic carbocycles. The largest absolute Gasteiger partial charge is 0.398 e. The van der Waals surface area contributed by atoms with Crippen molar-refractivity contribution in [2.75, 3.05) is 12.3 Å². The quantitative estimate of drug-likeness (QED) is 0.623. The maximum Gasteiger partial charge on any atom is 0.0359 e. The number of hydrogen-bond donors (Lipinski definition) is 2. The monoisotopic (exact) mass is 240 g/mol. The molecule has 0 aliphatic rings. The van der Waals surface area contributed by atoms with Gasteiger partial charge in [-0.15, -0.1) is 0 Å². The standard InChI is InChI=1S/C16H20N2/c1-13-6-2-3-7-14(13)10-11-18-12-15-8-4-5-9-16(15)17/h2-9,18H,10-12,17H2,1H3. The Kier molecular flexibility index (Phi) is 4.37. The lowest BCUT2D eigenvalue weighted by Gasteiger charge is -2.08. The molecule has 0 radical (unpaired) electrons. The van der Waals surface area contributed by atoms with Crippen molar-refractivity contribution in [1.29, 1.82) is 0 Å². The average Bonchev–Trinajstić information content (AvgIpc) is 2.38. The number of benzene rings is 2. The van der Waals surface area contributed by atoms with E-state index in [9.17, 15) is 0 Å².